The van der Waals surface area contributed by atoms with Crippen molar-refractivity contribution in [3.8, 4) is 0 Å². The number of aliphatic hydroxyl groups excluding tert-OH is 1. The second-order valence-electron chi connectivity index (χ2n) is 10.3. The summed E-state index contributed by atoms with van der Waals surface area (Å²) in [6.45, 7) is 7.33. The molecule has 1 spiro atoms. The SMILES string of the molecule is CNC(=O)[C@@H]1[C@H]2C(=O)N([C@@H](CO)Cc3ccccc3)C(C(=O)NC(C)C)C23CC(C)[C@@]1(C)O3. The van der Waals surface area contributed by atoms with Gasteiger partial charge in [-0.2, -0.15) is 0 Å². The summed E-state index contributed by atoms with van der Waals surface area (Å²) < 4.78 is 6.61. The van der Waals surface area contributed by atoms with Gasteiger partial charge < -0.3 is 25.4 Å². The Morgan fingerprint density at radius 1 is 1.24 bits per heavy atom. The highest BCUT2D eigenvalue weighted by Crippen LogP contribution is 2.65. The monoisotopic (exact) mass is 457 g/mol. The molecular formula is C25H35N3O5. The molecule has 3 amide bonds. The lowest BCUT2D eigenvalue weighted by Gasteiger charge is -2.37. The number of amides is 3. The predicted molar refractivity (Wildman–Crippen MR) is 122 cm³/mol. The van der Waals surface area contributed by atoms with Gasteiger partial charge in [-0.1, -0.05) is 37.3 Å². The highest BCUT2D eigenvalue weighted by molar-refractivity contribution is 5.99. The van der Waals surface area contributed by atoms with E-state index in [1.54, 1.807) is 7.05 Å². The van der Waals surface area contributed by atoms with Crippen LogP contribution in [-0.4, -0.2) is 70.7 Å². The first-order chi connectivity index (χ1) is 15.6. The minimum atomic E-state index is -1.11. The van der Waals surface area contributed by atoms with Crippen molar-refractivity contribution in [3.63, 3.8) is 0 Å². The summed E-state index contributed by atoms with van der Waals surface area (Å²) in [6, 6.07) is 7.92. The maximum Gasteiger partial charge on any atom is 0.246 e. The van der Waals surface area contributed by atoms with Crippen LogP contribution in [-0.2, 0) is 25.5 Å². The van der Waals surface area contributed by atoms with Crippen LogP contribution < -0.4 is 10.6 Å². The van der Waals surface area contributed by atoms with Crippen molar-refractivity contribution in [3.05, 3.63) is 35.9 Å². The van der Waals surface area contributed by atoms with Gasteiger partial charge in [0.05, 0.1) is 30.1 Å². The fraction of sp³-hybridized carbons (Fsp3) is 0.640. The summed E-state index contributed by atoms with van der Waals surface area (Å²) in [5.41, 5.74) is -0.988. The molecule has 0 saturated carbocycles. The van der Waals surface area contributed by atoms with Crippen molar-refractivity contribution in [1.29, 1.82) is 0 Å². The average Bonchev–Trinajstić information content (AvgIpc) is 3.28. The Kier molecular flexibility index (Phi) is 6.03. The van der Waals surface area contributed by atoms with Crippen LogP contribution in [0.5, 0.6) is 0 Å². The molecule has 0 aromatic heterocycles. The molecular weight excluding hydrogens is 422 g/mol. The molecule has 3 aliphatic rings. The van der Waals surface area contributed by atoms with E-state index in [2.05, 4.69) is 10.6 Å². The fourth-order valence-electron chi connectivity index (χ4n) is 6.43. The van der Waals surface area contributed by atoms with E-state index in [-0.39, 0.29) is 36.3 Å². The van der Waals surface area contributed by atoms with Crippen molar-refractivity contribution >= 4 is 17.7 Å². The zero-order valence-corrected chi connectivity index (χ0v) is 20.0. The summed E-state index contributed by atoms with van der Waals surface area (Å²) in [5, 5.41) is 16.0. The minimum absolute atomic E-state index is 0.0140. The van der Waals surface area contributed by atoms with Crippen LogP contribution in [0.1, 0.15) is 39.7 Å². The molecule has 7 atom stereocenters. The van der Waals surface area contributed by atoms with Gasteiger partial charge in [-0.25, -0.2) is 0 Å². The van der Waals surface area contributed by atoms with Gasteiger partial charge in [0.1, 0.15) is 11.6 Å². The van der Waals surface area contributed by atoms with Crippen LogP contribution in [0.3, 0.4) is 0 Å². The Labute approximate surface area is 195 Å². The molecule has 3 N–H and O–H groups in total. The standard InChI is InChI=1S/C25H35N3O5/c1-14(2)27-22(31)20-25-12-15(3)24(4,33-25)18(21(30)26-5)19(25)23(32)28(20)17(13-29)11-16-9-7-6-8-10-16/h6-10,14-15,17-20,29H,11-13H2,1-5H3,(H,26,30)(H,27,31)/t15?,17-,18+,19+,20?,24-,25?/m1/s1. The van der Waals surface area contributed by atoms with Crippen LogP contribution in [0.25, 0.3) is 0 Å². The number of nitrogens with zero attached hydrogens (tertiary/aromatic N) is 1. The second kappa shape index (κ2) is 8.40. The van der Waals surface area contributed by atoms with Crippen LogP contribution in [0.4, 0.5) is 0 Å². The van der Waals surface area contributed by atoms with Crippen LogP contribution in [0.15, 0.2) is 30.3 Å². The van der Waals surface area contributed by atoms with Gasteiger partial charge in [0, 0.05) is 13.1 Å². The number of carbonyl (C=O) groups is 3. The molecule has 3 saturated heterocycles. The zero-order valence-electron chi connectivity index (χ0n) is 20.0. The van der Waals surface area contributed by atoms with Crippen molar-refractivity contribution in [2.75, 3.05) is 13.7 Å². The highest BCUT2D eigenvalue weighted by Gasteiger charge is 2.80. The molecule has 3 heterocycles. The zero-order chi connectivity index (χ0) is 24.1. The number of nitrogens with one attached hydrogen (secondary N) is 2. The third kappa shape index (κ3) is 3.46. The molecule has 8 nitrogen and oxygen atoms in total. The number of benzene rings is 1. The summed E-state index contributed by atoms with van der Waals surface area (Å²) in [5.74, 6) is -2.34. The first-order valence-corrected chi connectivity index (χ1v) is 11.8. The first kappa shape index (κ1) is 23.7. The molecule has 0 radical (unpaired) electrons. The number of aliphatic hydroxyl groups is 1. The molecule has 3 unspecified atom stereocenters. The largest absolute Gasteiger partial charge is 0.394 e. The van der Waals surface area contributed by atoms with Gasteiger partial charge >= 0.3 is 0 Å². The Bertz CT molecular complexity index is 937. The molecule has 4 rings (SSSR count). The Hall–Kier alpha value is -2.45. The van der Waals surface area contributed by atoms with Crippen molar-refractivity contribution in [1.82, 2.24) is 15.5 Å². The molecule has 0 aliphatic carbocycles. The Morgan fingerprint density at radius 3 is 2.48 bits per heavy atom. The lowest BCUT2D eigenvalue weighted by molar-refractivity contribution is -0.150. The second-order valence-corrected chi connectivity index (χ2v) is 10.3. The summed E-state index contributed by atoms with van der Waals surface area (Å²) in [7, 11) is 1.56. The number of rotatable bonds is 7. The van der Waals surface area contributed by atoms with E-state index in [4.69, 9.17) is 4.74 Å². The van der Waals surface area contributed by atoms with E-state index in [1.807, 2.05) is 58.0 Å². The van der Waals surface area contributed by atoms with E-state index < -0.39 is 35.1 Å². The van der Waals surface area contributed by atoms with E-state index in [0.717, 1.165) is 5.56 Å². The number of hydrogen-bond acceptors (Lipinski definition) is 5. The van der Waals surface area contributed by atoms with E-state index in [1.165, 1.54) is 4.90 Å². The van der Waals surface area contributed by atoms with E-state index >= 15 is 0 Å². The van der Waals surface area contributed by atoms with Gasteiger partial charge in [0.15, 0.2) is 0 Å². The lowest BCUT2D eigenvalue weighted by atomic mass is 9.62. The van der Waals surface area contributed by atoms with Crippen molar-refractivity contribution in [2.24, 2.45) is 17.8 Å². The molecule has 1 aromatic rings. The topological polar surface area (TPSA) is 108 Å². The summed E-state index contributed by atoms with van der Waals surface area (Å²) in [4.78, 5) is 42.2. The highest BCUT2D eigenvalue weighted by atomic mass is 16.5. The molecule has 180 valence electrons. The van der Waals surface area contributed by atoms with Crippen LogP contribution in [0, 0.1) is 17.8 Å². The number of hydrogen-bond donors (Lipinski definition) is 3. The third-order valence-electron chi connectivity index (χ3n) is 7.88. The van der Waals surface area contributed by atoms with E-state index in [0.29, 0.717) is 12.8 Å². The van der Waals surface area contributed by atoms with Gasteiger partial charge in [0.2, 0.25) is 17.7 Å². The third-order valence-corrected chi connectivity index (χ3v) is 7.88. The van der Waals surface area contributed by atoms with Crippen molar-refractivity contribution < 1.29 is 24.2 Å². The first-order valence-electron chi connectivity index (χ1n) is 11.8. The molecule has 1 aromatic carbocycles. The van der Waals surface area contributed by atoms with Crippen LogP contribution in [0.2, 0.25) is 0 Å². The number of ether oxygens (including phenoxy) is 1. The van der Waals surface area contributed by atoms with Gasteiger partial charge in [-0.05, 0) is 45.1 Å². The molecule has 3 aliphatic heterocycles. The average molecular weight is 458 g/mol. The Balaban J connectivity index is 1.81. The van der Waals surface area contributed by atoms with Crippen LogP contribution >= 0.6 is 0 Å². The number of fused-ring (bicyclic) bond motifs is 1. The normalized spacial score (nSPS) is 35.6. The smallest absolute Gasteiger partial charge is 0.246 e. The summed E-state index contributed by atoms with van der Waals surface area (Å²) >= 11 is 0. The molecule has 2 bridgehead atoms. The lowest BCUT2D eigenvalue weighted by Crippen LogP contribution is -2.59. The summed E-state index contributed by atoms with van der Waals surface area (Å²) in [6.07, 6.45) is 0.901. The minimum Gasteiger partial charge on any atom is -0.394 e. The van der Waals surface area contributed by atoms with Gasteiger partial charge in [-0.15, -0.1) is 0 Å². The number of carbonyl (C=O) groups excluding carboxylic acids is 3. The van der Waals surface area contributed by atoms with Gasteiger partial charge in [-0.3, -0.25) is 14.4 Å². The fourth-order valence-corrected chi connectivity index (χ4v) is 6.43. The van der Waals surface area contributed by atoms with Gasteiger partial charge in [0.25, 0.3) is 0 Å². The van der Waals surface area contributed by atoms with E-state index in [9.17, 15) is 19.5 Å². The molecule has 33 heavy (non-hydrogen) atoms. The van der Waals surface area contributed by atoms with Crippen molar-refractivity contribution in [2.45, 2.75) is 69.9 Å². The Morgan fingerprint density at radius 2 is 1.91 bits per heavy atom. The molecule has 3 fully saturated rings. The predicted octanol–water partition coefficient (Wildman–Crippen LogP) is 0.871. The number of likely N-dealkylation sites (tertiary alicyclic amines) is 1. The molecule has 8 heteroatoms. The maximum atomic E-state index is 14.0. The maximum absolute atomic E-state index is 14.0. The quantitative estimate of drug-likeness (QED) is 0.563.